The van der Waals surface area contributed by atoms with Gasteiger partial charge in [0.2, 0.25) is 0 Å². The molecule has 4 aromatic carbocycles. The van der Waals surface area contributed by atoms with Crippen molar-refractivity contribution in [3.8, 4) is 11.5 Å². The summed E-state index contributed by atoms with van der Waals surface area (Å²) < 4.78 is 0. The number of phenolic OH excluding ortho intramolecular Hbond substituents is 2. The van der Waals surface area contributed by atoms with E-state index in [1.54, 1.807) is 48.8 Å². The van der Waals surface area contributed by atoms with Crippen LogP contribution >= 0.6 is 0 Å². The number of hydrogen-bond donors (Lipinski definition) is 2. The Bertz CT molecular complexity index is 1400. The average Bonchev–Trinajstić information content (AvgIpc) is 2.81. The fraction of sp³-hybridized carbons (Fsp3) is 0. The zero-order valence-electron chi connectivity index (χ0n) is 16.9. The maximum Gasteiger partial charge on any atom is 0.124 e. The van der Waals surface area contributed by atoms with E-state index in [0.29, 0.717) is 33.5 Å². The van der Waals surface area contributed by atoms with Crippen molar-refractivity contribution in [2.24, 2.45) is 9.98 Å². The maximum atomic E-state index is 10.1. The summed E-state index contributed by atoms with van der Waals surface area (Å²) >= 11 is 0. The number of aliphatic imine (C=N–C) groups is 2. The highest BCUT2D eigenvalue weighted by atomic mass is 16.3. The van der Waals surface area contributed by atoms with Crippen molar-refractivity contribution in [2.75, 3.05) is 0 Å². The van der Waals surface area contributed by atoms with E-state index in [2.05, 4.69) is 9.98 Å². The molecule has 0 fully saturated rings. The number of para-hydroxylation sites is 4. The molecular formula is C26H18N4O2. The van der Waals surface area contributed by atoms with Crippen LogP contribution in [-0.2, 0) is 0 Å². The molecule has 0 bridgehead atoms. The topological polar surface area (TPSA) is 91.0 Å². The Labute approximate surface area is 183 Å². The van der Waals surface area contributed by atoms with Crippen molar-refractivity contribution < 1.29 is 10.2 Å². The van der Waals surface area contributed by atoms with Gasteiger partial charge < -0.3 is 10.2 Å². The van der Waals surface area contributed by atoms with Gasteiger partial charge in [-0.05, 0) is 48.5 Å². The van der Waals surface area contributed by atoms with Crippen molar-refractivity contribution in [1.82, 2.24) is 9.97 Å². The van der Waals surface area contributed by atoms with Crippen molar-refractivity contribution in [2.45, 2.75) is 0 Å². The molecule has 1 aromatic heterocycles. The normalized spacial score (nSPS) is 11.8. The maximum absolute atomic E-state index is 10.1. The molecule has 0 aliphatic heterocycles. The van der Waals surface area contributed by atoms with E-state index < -0.39 is 0 Å². The minimum atomic E-state index is 0.141. The van der Waals surface area contributed by atoms with Gasteiger partial charge >= 0.3 is 0 Å². The molecule has 1 heterocycles. The first-order valence-electron chi connectivity index (χ1n) is 10.0. The van der Waals surface area contributed by atoms with E-state index >= 15 is 0 Å². The summed E-state index contributed by atoms with van der Waals surface area (Å²) in [6, 6.07) is 25.3. The summed E-state index contributed by atoms with van der Waals surface area (Å²) in [7, 11) is 0. The van der Waals surface area contributed by atoms with Crippen LogP contribution in [0.4, 0.5) is 11.4 Å². The van der Waals surface area contributed by atoms with E-state index in [1.807, 2.05) is 48.5 Å². The van der Waals surface area contributed by atoms with E-state index in [0.717, 1.165) is 11.0 Å². The zero-order chi connectivity index (χ0) is 21.9. The molecule has 154 valence electrons. The van der Waals surface area contributed by atoms with E-state index in [4.69, 9.17) is 9.97 Å². The Morgan fingerprint density at radius 1 is 0.531 bits per heavy atom. The zero-order valence-corrected chi connectivity index (χ0v) is 16.9. The molecule has 0 aliphatic rings. The monoisotopic (exact) mass is 418 g/mol. The Morgan fingerprint density at radius 3 is 1.38 bits per heavy atom. The molecule has 32 heavy (non-hydrogen) atoms. The van der Waals surface area contributed by atoms with Crippen LogP contribution in [0.3, 0.4) is 0 Å². The highest BCUT2D eigenvalue weighted by molar-refractivity contribution is 5.95. The number of rotatable bonds is 4. The molecule has 0 spiro atoms. The lowest BCUT2D eigenvalue weighted by atomic mass is 10.2. The summed E-state index contributed by atoms with van der Waals surface area (Å²) in [5, 5.41) is 20.1. The van der Waals surface area contributed by atoms with Crippen molar-refractivity contribution in [3.05, 3.63) is 96.1 Å². The lowest BCUT2D eigenvalue weighted by Crippen LogP contribution is -1.88. The average molecular weight is 418 g/mol. The largest absolute Gasteiger partial charge is 0.507 e. The van der Waals surface area contributed by atoms with Crippen LogP contribution in [0, 0.1) is 0 Å². The van der Waals surface area contributed by atoms with Gasteiger partial charge in [0, 0.05) is 23.6 Å². The Balaban J connectivity index is 1.66. The lowest BCUT2D eigenvalue weighted by Gasteiger charge is -2.06. The van der Waals surface area contributed by atoms with E-state index in [9.17, 15) is 10.2 Å². The Hall–Kier alpha value is -4.58. The minimum absolute atomic E-state index is 0.141. The third-order valence-corrected chi connectivity index (χ3v) is 4.99. The molecule has 0 saturated heterocycles. The van der Waals surface area contributed by atoms with Crippen LogP contribution in [-0.4, -0.2) is 32.6 Å². The fourth-order valence-electron chi connectivity index (χ4n) is 3.33. The Morgan fingerprint density at radius 2 is 0.938 bits per heavy atom. The first-order chi connectivity index (χ1) is 15.7. The molecule has 5 aromatic rings. The number of benzene rings is 4. The second-order valence-electron chi connectivity index (χ2n) is 7.18. The summed E-state index contributed by atoms with van der Waals surface area (Å²) in [4.78, 5) is 18.6. The molecule has 5 rings (SSSR count). The number of nitrogens with zero attached hydrogens (tertiary/aromatic N) is 4. The molecule has 0 saturated carbocycles. The summed E-state index contributed by atoms with van der Waals surface area (Å²) in [5.74, 6) is 0.282. The predicted octanol–water partition coefficient (Wildman–Crippen LogP) is 5.70. The van der Waals surface area contributed by atoms with Crippen LogP contribution in [0.15, 0.2) is 94.9 Å². The van der Waals surface area contributed by atoms with Crippen molar-refractivity contribution in [1.29, 1.82) is 0 Å². The predicted molar refractivity (Wildman–Crippen MR) is 128 cm³/mol. The fourth-order valence-corrected chi connectivity index (χ4v) is 3.33. The van der Waals surface area contributed by atoms with Gasteiger partial charge in [0.1, 0.15) is 11.5 Å². The van der Waals surface area contributed by atoms with Gasteiger partial charge in [0.25, 0.3) is 0 Å². The van der Waals surface area contributed by atoms with Gasteiger partial charge in [-0.2, -0.15) is 0 Å². The molecule has 0 unspecified atom stereocenters. The van der Waals surface area contributed by atoms with E-state index in [1.165, 1.54) is 0 Å². The van der Waals surface area contributed by atoms with Crippen molar-refractivity contribution >= 4 is 45.9 Å². The quantitative estimate of drug-likeness (QED) is 0.289. The van der Waals surface area contributed by atoms with Gasteiger partial charge in [-0.3, -0.25) is 9.98 Å². The second kappa shape index (κ2) is 8.28. The van der Waals surface area contributed by atoms with Gasteiger partial charge in [0.15, 0.2) is 0 Å². The van der Waals surface area contributed by atoms with Crippen molar-refractivity contribution in [3.63, 3.8) is 0 Å². The van der Waals surface area contributed by atoms with Crippen LogP contribution < -0.4 is 0 Å². The Kier molecular flexibility index (Phi) is 5.01. The molecule has 0 aliphatic carbocycles. The van der Waals surface area contributed by atoms with Crippen LogP contribution in [0.1, 0.15) is 11.1 Å². The third-order valence-electron chi connectivity index (χ3n) is 4.99. The highest BCUT2D eigenvalue weighted by Gasteiger charge is 2.08. The standard InChI is InChI=1S/C26H18N4O2/c31-25-11-5-1-7-17(25)15-27-21-13-23-24(30-20-10-4-3-9-19(20)29-23)14-22(21)28-16-18-8-2-6-12-26(18)32/h1-16,31-32H. The molecule has 6 nitrogen and oxygen atoms in total. The van der Waals surface area contributed by atoms with Crippen LogP contribution in [0.25, 0.3) is 22.1 Å². The SMILES string of the molecule is Oc1ccccc1C=Nc1cc2nc3ccccc3nc2cc1N=Cc1ccccc1O. The molecular weight excluding hydrogens is 400 g/mol. The number of phenols is 2. The van der Waals surface area contributed by atoms with Gasteiger partial charge in [-0.1, -0.05) is 36.4 Å². The molecule has 2 N–H and O–H groups in total. The molecule has 0 amide bonds. The first kappa shape index (κ1) is 19.4. The summed E-state index contributed by atoms with van der Waals surface area (Å²) in [6.45, 7) is 0. The van der Waals surface area contributed by atoms with E-state index in [-0.39, 0.29) is 11.5 Å². The molecule has 0 radical (unpaired) electrons. The summed E-state index contributed by atoms with van der Waals surface area (Å²) in [5.41, 5.74) is 5.28. The number of fused-ring (bicyclic) bond motifs is 2. The highest BCUT2D eigenvalue weighted by Crippen LogP contribution is 2.33. The number of aromatic hydroxyl groups is 2. The van der Waals surface area contributed by atoms with Gasteiger partial charge in [-0.15, -0.1) is 0 Å². The smallest absolute Gasteiger partial charge is 0.124 e. The molecule has 0 atom stereocenters. The second-order valence-corrected chi connectivity index (χ2v) is 7.18. The van der Waals surface area contributed by atoms with Crippen LogP contribution in [0.2, 0.25) is 0 Å². The van der Waals surface area contributed by atoms with Gasteiger partial charge in [0.05, 0.1) is 33.4 Å². The molecule has 6 heteroatoms. The summed E-state index contributed by atoms with van der Waals surface area (Å²) in [6.07, 6.45) is 3.17. The number of hydrogen-bond acceptors (Lipinski definition) is 6. The minimum Gasteiger partial charge on any atom is -0.507 e. The van der Waals surface area contributed by atoms with Gasteiger partial charge in [-0.25, -0.2) is 9.97 Å². The lowest BCUT2D eigenvalue weighted by molar-refractivity contribution is 0.474. The first-order valence-corrected chi connectivity index (χ1v) is 10.0. The number of aromatic nitrogens is 2. The van der Waals surface area contributed by atoms with Crippen LogP contribution in [0.5, 0.6) is 11.5 Å². The third kappa shape index (κ3) is 3.89.